The van der Waals surface area contributed by atoms with E-state index in [1.807, 2.05) is 0 Å². The van der Waals surface area contributed by atoms with Crippen LogP contribution < -0.4 is 10.0 Å². The van der Waals surface area contributed by atoms with Crippen molar-refractivity contribution in [3.05, 3.63) is 57.9 Å². The molecule has 2 N–H and O–H groups in total. The quantitative estimate of drug-likeness (QED) is 0.560. The van der Waals surface area contributed by atoms with Gasteiger partial charge in [0.2, 0.25) is 0 Å². The van der Waals surface area contributed by atoms with Crippen molar-refractivity contribution in [3.8, 4) is 0 Å². The summed E-state index contributed by atoms with van der Waals surface area (Å²) < 4.78 is 43.0. The Kier molecular flexibility index (Phi) is 5.91. The van der Waals surface area contributed by atoms with Crippen molar-refractivity contribution >= 4 is 23.4 Å². The molecule has 0 aliphatic rings. The Morgan fingerprint density at radius 2 is 2.19 bits per heavy atom. The molecule has 0 aliphatic heterocycles. The summed E-state index contributed by atoms with van der Waals surface area (Å²) in [5, 5.41) is 22.6. The Morgan fingerprint density at radius 1 is 1.50 bits per heavy atom. The minimum Gasteiger partial charge on any atom is -0.618 e. The summed E-state index contributed by atoms with van der Waals surface area (Å²) in [6.45, 7) is 0.409. The first-order valence-electron chi connectivity index (χ1n) is 7.56. The molecule has 0 spiro atoms. The van der Waals surface area contributed by atoms with Crippen LogP contribution in [0, 0.1) is 11.0 Å². The van der Waals surface area contributed by atoms with Gasteiger partial charge in [-0.3, -0.25) is 4.79 Å². The average molecular weight is 390 g/mol. The zero-order valence-electron chi connectivity index (χ0n) is 13.5. The molecule has 0 aromatic carbocycles. The van der Waals surface area contributed by atoms with Gasteiger partial charge in [0.1, 0.15) is 0 Å². The highest BCUT2D eigenvalue weighted by Gasteiger charge is 2.39. The molecular weight excluding hydrogens is 375 g/mol. The fourth-order valence-electron chi connectivity index (χ4n) is 2.42. The van der Waals surface area contributed by atoms with Crippen LogP contribution in [-0.4, -0.2) is 22.6 Å². The molecule has 1 unspecified atom stereocenters. The van der Waals surface area contributed by atoms with Gasteiger partial charge in [-0.25, -0.2) is 9.37 Å². The van der Waals surface area contributed by atoms with E-state index < -0.39 is 41.7 Å². The molecule has 2 aromatic heterocycles. The predicted molar refractivity (Wildman–Crippen MR) is 87.7 cm³/mol. The van der Waals surface area contributed by atoms with Gasteiger partial charge in [0.15, 0.2) is 17.8 Å². The summed E-state index contributed by atoms with van der Waals surface area (Å²) in [6.07, 6.45) is 1.95. The van der Waals surface area contributed by atoms with Gasteiger partial charge < -0.3 is 15.6 Å². The highest BCUT2D eigenvalue weighted by molar-refractivity contribution is 6.31. The predicted octanol–water partition coefficient (Wildman–Crippen LogP) is 3.29. The van der Waals surface area contributed by atoms with Crippen LogP contribution >= 0.6 is 11.6 Å². The lowest BCUT2D eigenvalue weighted by Gasteiger charge is -2.19. The number of pyridine rings is 2. The number of halogens is 4. The van der Waals surface area contributed by atoms with E-state index in [4.69, 9.17) is 11.6 Å². The molecule has 0 aliphatic carbocycles. The van der Waals surface area contributed by atoms with Gasteiger partial charge in [0.05, 0.1) is 17.5 Å². The topological polar surface area (TPSA) is 89.2 Å². The summed E-state index contributed by atoms with van der Waals surface area (Å²) in [5.74, 6) is -7.85. The van der Waals surface area contributed by atoms with E-state index in [1.165, 1.54) is 19.1 Å². The number of nitrogens with one attached hydrogen (secondary N) is 1. The number of aromatic nitrogens is 2. The average Bonchev–Trinajstić information content (AvgIpc) is 2.57. The first-order valence-corrected chi connectivity index (χ1v) is 7.93. The molecule has 1 atom stereocenters. The van der Waals surface area contributed by atoms with Crippen molar-refractivity contribution in [1.82, 2.24) is 4.98 Å². The molecule has 26 heavy (non-hydrogen) atoms. The number of hydrogen-bond acceptors (Lipinski definition) is 4. The van der Waals surface area contributed by atoms with Crippen LogP contribution in [0.15, 0.2) is 30.6 Å². The van der Waals surface area contributed by atoms with E-state index in [-0.39, 0.29) is 21.7 Å². The second kappa shape index (κ2) is 7.77. The maximum absolute atomic E-state index is 14.6. The molecule has 0 radical (unpaired) electrons. The number of carbonyl (C=O) groups is 1. The summed E-state index contributed by atoms with van der Waals surface area (Å²) in [6, 6.07) is 3.52. The number of carboxylic acids is 1. The lowest BCUT2D eigenvalue weighted by atomic mass is 9.97. The smallest absolute Gasteiger partial charge is 0.347 e. The van der Waals surface area contributed by atoms with Crippen LogP contribution in [-0.2, 0) is 10.7 Å². The Labute approximate surface area is 151 Å². The maximum Gasteiger partial charge on any atom is 0.347 e. The van der Waals surface area contributed by atoms with Gasteiger partial charge in [-0.05, 0) is 12.5 Å². The standard InChI is InChI=1S/C16H15ClF3N3O3/c1-2-9(15(24)25)12-10(17)7-21-14(13(12)18)22-8-16(19,20)11-5-3-4-6-23(11)26/h3-7,9H,2,8H2,1H3,(H,21,22)(H,24,25). The summed E-state index contributed by atoms with van der Waals surface area (Å²) >= 11 is 5.84. The first-order chi connectivity index (χ1) is 12.2. The molecule has 2 aromatic rings. The molecule has 2 rings (SSSR count). The molecule has 6 nitrogen and oxygen atoms in total. The minimum absolute atomic E-state index is 0.0102. The van der Waals surface area contributed by atoms with Gasteiger partial charge in [0.25, 0.3) is 5.69 Å². The van der Waals surface area contributed by atoms with Crippen LogP contribution in [0.1, 0.15) is 30.5 Å². The third-order valence-corrected chi connectivity index (χ3v) is 4.04. The van der Waals surface area contributed by atoms with Gasteiger partial charge in [-0.2, -0.15) is 13.5 Å². The third-order valence-electron chi connectivity index (χ3n) is 3.74. The Balaban J connectivity index is 2.31. The fourth-order valence-corrected chi connectivity index (χ4v) is 2.68. The van der Waals surface area contributed by atoms with Crippen molar-refractivity contribution in [2.24, 2.45) is 0 Å². The van der Waals surface area contributed by atoms with E-state index in [0.29, 0.717) is 0 Å². The molecule has 10 heteroatoms. The molecule has 0 fully saturated rings. The highest BCUT2D eigenvalue weighted by Crippen LogP contribution is 2.33. The Hall–Kier alpha value is -2.55. The van der Waals surface area contributed by atoms with Gasteiger partial charge in [0, 0.05) is 23.9 Å². The third kappa shape index (κ3) is 3.98. The zero-order chi connectivity index (χ0) is 19.5. The second-order valence-corrected chi connectivity index (χ2v) is 5.86. The Morgan fingerprint density at radius 3 is 2.77 bits per heavy atom. The summed E-state index contributed by atoms with van der Waals surface area (Å²) in [4.78, 5) is 14.9. The number of anilines is 1. The number of aliphatic carboxylic acids is 1. The molecule has 2 heterocycles. The van der Waals surface area contributed by atoms with Gasteiger partial charge >= 0.3 is 11.9 Å². The SMILES string of the molecule is CCC(C(=O)O)c1c(Cl)cnc(NCC(F)(F)c2cccc[n+]2[O-])c1F. The van der Waals surface area contributed by atoms with Crippen molar-refractivity contribution in [2.45, 2.75) is 25.2 Å². The number of alkyl halides is 2. The van der Waals surface area contributed by atoms with Crippen LogP contribution in [0.25, 0.3) is 0 Å². The minimum atomic E-state index is -3.62. The Bertz CT molecular complexity index is 821. The van der Waals surface area contributed by atoms with Gasteiger partial charge in [-0.15, -0.1) is 0 Å². The van der Waals surface area contributed by atoms with Crippen LogP contribution in [0.3, 0.4) is 0 Å². The van der Waals surface area contributed by atoms with E-state index in [9.17, 15) is 28.3 Å². The normalized spacial score (nSPS) is 12.7. The molecule has 0 saturated heterocycles. The van der Waals surface area contributed by atoms with Crippen LogP contribution in [0.2, 0.25) is 5.02 Å². The van der Waals surface area contributed by atoms with Crippen LogP contribution in [0.5, 0.6) is 0 Å². The lowest BCUT2D eigenvalue weighted by molar-refractivity contribution is -0.624. The largest absolute Gasteiger partial charge is 0.618 e. The first kappa shape index (κ1) is 19.8. The van der Waals surface area contributed by atoms with E-state index in [0.717, 1.165) is 18.5 Å². The molecular formula is C16H15ClF3N3O3. The van der Waals surface area contributed by atoms with E-state index in [2.05, 4.69) is 10.3 Å². The van der Waals surface area contributed by atoms with Crippen molar-refractivity contribution < 1.29 is 27.8 Å². The zero-order valence-corrected chi connectivity index (χ0v) is 14.3. The molecule has 0 saturated carbocycles. The second-order valence-electron chi connectivity index (χ2n) is 5.45. The van der Waals surface area contributed by atoms with Gasteiger partial charge in [-0.1, -0.05) is 18.5 Å². The fraction of sp³-hybridized carbons (Fsp3) is 0.312. The highest BCUT2D eigenvalue weighted by atomic mass is 35.5. The summed E-state index contributed by atoms with van der Waals surface area (Å²) in [5.41, 5.74) is -1.15. The van der Waals surface area contributed by atoms with E-state index in [1.54, 1.807) is 0 Å². The van der Waals surface area contributed by atoms with Crippen molar-refractivity contribution in [1.29, 1.82) is 0 Å². The lowest BCUT2D eigenvalue weighted by Crippen LogP contribution is -2.41. The number of hydrogen-bond donors (Lipinski definition) is 2. The molecule has 0 bridgehead atoms. The summed E-state index contributed by atoms with van der Waals surface area (Å²) in [7, 11) is 0. The maximum atomic E-state index is 14.6. The number of carboxylic acid groups (broad SMARTS) is 1. The van der Waals surface area contributed by atoms with Crippen molar-refractivity contribution in [3.63, 3.8) is 0 Å². The van der Waals surface area contributed by atoms with Crippen molar-refractivity contribution in [2.75, 3.05) is 11.9 Å². The molecule has 140 valence electrons. The number of rotatable bonds is 7. The monoisotopic (exact) mass is 389 g/mol. The number of nitrogens with zero attached hydrogens (tertiary/aromatic N) is 2. The van der Waals surface area contributed by atoms with E-state index >= 15 is 0 Å². The van der Waals surface area contributed by atoms with Crippen LogP contribution in [0.4, 0.5) is 19.0 Å². The molecule has 0 amide bonds.